The fraction of sp³-hybridized carbons (Fsp3) is 0.128. The largest absolute Gasteiger partial charge is 0.510 e. The zero-order chi connectivity index (χ0) is 35.8. The number of hydrogen-bond donors (Lipinski definition) is 0. The minimum Gasteiger partial charge on any atom is -0.510 e. The van der Waals surface area contributed by atoms with E-state index in [1.165, 1.54) is 24.0 Å². The Kier molecular flexibility index (Phi) is 5.88. The van der Waals surface area contributed by atoms with Gasteiger partial charge in [0, 0.05) is 60.2 Å². The molecule has 3 aromatic heterocycles. The Morgan fingerprint density at radius 3 is 2.46 bits per heavy atom. The van der Waals surface area contributed by atoms with Gasteiger partial charge in [0.05, 0.1) is 11.0 Å². The first-order chi connectivity index (χ1) is 24.3. The Balaban J connectivity index is 0.00000420. The van der Waals surface area contributed by atoms with E-state index in [1.54, 1.807) is 6.07 Å². The van der Waals surface area contributed by atoms with Gasteiger partial charge in [-0.05, 0) is 63.4 Å². The summed E-state index contributed by atoms with van der Waals surface area (Å²) in [4.78, 5) is 7.27. The number of benzene rings is 4. The number of hydrogen-bond acceptors (Lipinski definition) is 4. The van der Waals surface area contributed by atoms with Gasteiger partial charge in [-0.25, -0.2) is 4.98 Å². The molecule has 6 nitrogen and oxygen atoms in total. The van der Waals surface area contributed by atoms with Crippen LogP contribution in [0, 0.1) is 18.8 Å². The predicted molar refractivity (Wildman–Crippen MR) is 182 cm³/mol. The summed E-state index contributed by atoms with van der Waals surface area (Å²) in [5.41, 5.74) is 5.74. The van der Waals surface area contributed by atoms with E-state index in [2.05, 4.69) is 72.4 Å². The molecule has 4 heterocycles. The molecule has 0 spiro atoms. The molecule has 0 atom stereocenters. The second kappa shape index (κ2) is 11.5. The molecule has 0 aliphatic carbocycles. The van der Waals surface area contributed by atoms with Crippen LogP contribution in [-0.4, -0.2) is 26.0 Å². The minimum absolute atomic E-state index is 0. The Bertz CT molecular complexity index is 2520. The molecule has 4 aromatic carbocycles. The number of rotatable bonds is 5. The zero-order valence-corrected chi connectivity index (χ0v) is 26.8. The molecular formula is C39H32N5OPd-3. The van der Waals surface area contributed by atoms with Gasteiger partial charge in [0.1, 0.15) is 5.82 Å². The van der Waals surface area contributed by atoms with Crippen molar-refractivity contribution in [3.8, 4) is 23.0 Å². The third-order valence-electron chi connectivity index (χ3n) is 8.00. The van der Waals surface area contributed by atoms with Crippen molar-refractivity contribution in [1.29, 1.82) is 0 Å². The van der Waals surface area contributed by atoms with Crippen LogP contribution in [0.3, 0.4) is 0 Å². The number of aromatic nitrogens is 3. The number of anilines is 1. The van der Waals surface area contributed by atoms with E-state index in [-0.39, 0.29) is 61.2 Å². The van der Waals surface area contributed by atoms with Crippen LogP contribution < -0.4 is 9.64 Å². The quantitative estimate of drug-likeness (QED) is 0.133. The van der Waals surface area contributed by atoms with E-state index in [1.807, 2.05) is 48.7 Å². The molecule has 0 bridgehead atoms. The fourth-order valence-corrected chi connectivity index (χ4v) is 5.88. The maximum atomic E-state index is 8.65. The minimum atomic E-state index is -2.43. The summed E-state index contributed by atoms with van der Waals surface area (Å²) < 4.78 is 59.4. The van der Waals surface area contributed by atoms with Gasteiger partial charge in [0.2, 0.25) is 0 Å². The summed E-state index contributed by atoms with van der Waals surface area (Å²) in [6.07, 6.45) is 4.64. The van der Waals surface area contributed by atoms with Crippen LogP contribution in [0.25, 0.3) is 44.3 Å². The third kappa shape index (κ3) is 5.06. The van der Waals surface area contributed by atoms with E-state index in [0.717, 1.165) is 43.5 Å². The molecule has 0 saturated heterocycles. The first kappa shape index (κ1) is 23.5. The van der Waals surface area contributed by atoms with Crippen LogP contribution in [0.5, 0.6) is 11.5 Å². The van der Waals surface area contributed by atoms with Crippen molar-refractivity contribution < 1.29 is 33.4 Å². The number of nitrogens with zero attached hydrogens (tertiary/aromatic N) is 5. The van der Waals surface area contributed by atoms with Gasteiger partial charge in [-0.2, -0.15) is 18.8 Å². The predicted octanol–water partition coefficient (Wildman–Crippen LogP) is 9.15. The van der Waals surface area contributed by atoms with Crippen molar-refractivity contribution in [2.24, 2.45) is 0 Å². The van der Waals surface area contributed by atoms with Crippen LogP contribution in [0.15, 0.2) is 116 Å². The molecule has 46 heavy (non-hydrogen) atoms. The molecule has 0 saturated carbocycles. The summed E-state index contributed by atoms with van der Waals surface area (Å²) in [5, 5.41) is 1.93. The molecule has 0 radical (unpaired) electrons. The molecule has 0 unspecified atom stereocenters. The average Bonchev–Trinajstić information content (AvgIpc) is 3.82. The van der Waals surface area contributed by atoms with Crippen LogP contribution in [-0.2, 0) is 25.8 Å². The van der Waals surface area contributed by atoms with Crippen LogP contribution in [0.1, 0.15) is 34.6 Å². The van der Waals surface area contributed by atoms with E-state index >= 15 is 0 Å². The summed E-state index contributed by atoms with van der Waals surface area (Å²) in [5.74, 6) is 0.888. The first-order valence-electron chi connectivity index (χ1n) is 17.6. The van der Waals surface area contributed by atoms with Crippen molar-refractivity contribution >= 4 is 38.5 Å². The maximum Gasteiger partial charge on any atom is 0.135 e. The van der Waals surface area contributed by atoms with Crippen molar-refractivity contribution in [2.45, 2.75) is 26.2 Å². The van der Waals surface area contributed by atoms with E-state index in [4.69, 9.17) is 17.9 Å². The molecule has 7 heteroatoms. The van der Waals surface area contributed by atoms with Crippen LogP contribution >= 0.6 is 0 Å². The monoisotopic (exact) mass is 698 g/mol. The van der Waals surface area contributed by atoms with E-state index in [0.29, 0.717) is 11.3 Å². The van der Waals surface area contributed by atoms with Crippen LogP contribution in [0.4, 0.5) is 5.69 Å². The Hall–Kier alpha value is -4.83. The maximum absolute atomic E-state index is 8.65. The third-order valence-corrected chi connectivity index (χ3v) is 8.00. The molecule has 1 aliphatic rings. The van der Waals surface area contributed by atoms with Gasteiger partial charge in [-0.3, -0.25) is 0 Å². The average molecular weight is 699 g/mol. The molecule has 0 amide bonds. The molecule has 232 valence electrons. The van der Waals surface area contributed by atoms with Gasteiger partial charge in [0.15, 0.2) is 0 Å². The number of ether oxygens (including phenoxy) is 1. The second-order valence-corrected chi connectivity index (χ2v) is 12.0. The SMILES string of the molecule is [2H]c1c(Oc2[c-]c3c(cc2)c2c(c4ccccc4n2-c2ccccc2)n3-c2cc(C(C)(C)C)ccn2)[c-]c(N2C=CN(C([2H])([2H])[2H])[CH-]2)c([2H])c1[2H].[Pd]. The van der Waals surface area contributed by atoms with E-state index in [9.17, 15) is 0 Å². The Labute approximate surface area is 291 Å². The summed E-state index contributed by atoms with van der Waals surface area (Å²) in [6.45, 7) is 5.36. The molecule has 0 N–H and O–H groups in total. The number of para-hydroxylation sites is 2. The van der Waals surface area contributed by atoms with Crippen molar-refractivity contribution in [3.63, 3.8) is 0 Å². The molecule has 8 rings (SSSR count). The van der Waals surface area contributed by atoms with Crippen molar-refractivity contribution in [3.05, 3.63) is 140 Å². The van der Waals surface area contributed by atoms with Gasteiger partial charge < -0.3 is 23.7 Å². The number of pyridine rings is 1. The molecular weight excluding hydrogens is 661 g/mol. The molecule has 1 aliphatic heterocycles. The Morgan fingerprint density at radius 1 is 0.848 bits per heavy atom. The van der Waals surface area contributed by atoms with Crippen LogP contribution in [0.2, 0.25) is 0 Å². The molecule has 0 fully saturated rings. The first-order valence-corrected chi connectivity index (χ1v) is 14.6. The summed E-state index contributed by atoms with van der Waals surface area (Å²) in [6, 6.07) is 31.7. The van der Waals surface area contributed by atoms with Gasteiger partial charge in [-0.15, -0.1) is 36.0 Å². The zero-order valence-electron chi connectivity index (χ0n) is 31.3. The topological polar surface area (TPSA) is 38.5 Å². The molecule has 7 aromatic rings. The summed E-state index contributed by atoms with van der Waals surface area (Å²) in [7, 11) is 0. The number of fused-ring (bicyclic) bond motifs is 5. The van der Waals surface area contributed by atoms with E-state index < -0.39 is 6.98 Å². The van der Waals surface area contributed by atoms with Gasteiger partial charge >= 0.3 is 0 Å². The smallest absolute Gasteiger partial charge is 0.135 e. The Morgan fingerprint density at radius 2 is 1.65 bits per heavy atom. The normalized spacial score (nSPS) is 15.4. The summed E-state index contributed by atoms with van der Waals surface area (Å²) >= 11 is 0. The van der Waals surface area contributed by atoms with Crippen molar-refractivity contribution in [1.82, 2.24) is 19.0 Å². The van der Waals surface area contributed by atoms with Gasteiger partial charge in [-0.1, -0.05) is 68.1 Å². The van der Waals surface area contributed by atoms with Crippen molar-refractivity contribution in [2.75, 3.05) is 11.9 Å². The van der Waals surface area contributed by atoms with Gasteiger partial charge in [0.25, 0.3) is 0 Å². The second-order valence-electron chi connectivity index (χ2n) is 12.0. The standard InChI is InChI=1S/C39H32N5O.Pd/c1-39(2,3)27-19-20-40-36(23-27)44-35-25-31(45-30-14-10-13-29(24-30)42-22-21-41(4)26-42)17-18-33(35)37-38(44)32-15-8-9-16-34(32)43(37)28-11-6-5-7-12-28;/h5-23,26H,1-4H3;/q-3;/i4D3,10D,13D,14D;. The fourth-order valence-electron chi connectivity index (χ4n) is 5.88.